The van der Waals surface area contributed by atoms with Crippen molar-refractivity contribution in [2.45, 2.75) is 27.7 Å². The zero-order chi connectivity index (χ0) is 98.6. The summed E-state index contributed by atoms with van der Waals surface area (Å²) in [4.78, 5) is 46.1. The van der Waals surface area contributed by atoms with Crippen LogP contribution < -0.4 is 62.2 Å². The van der Waals surface area contributed by atoms with Crippen LogP contribution in [0, 0.1) is 27.7 Å². The van der Waals surface area contributed by atoms with E-state index in [0.717, 1.165) is 83.3 Å². The summed E-state index contributed by atoms with van der Waals surface area (Å²) in [6, 6.07) is 195. The quantitative estimate of drug-likeness (QED) is 0.0482. The number of aryl methyl sites for hydroxylation is 4. The minimum Gasteiger partial charge on any atom is -0.309 e. The molecule has 10 nitrogen and oxygen atoms in total. The summed E-state index contributed by atoms with van der Waals surface area (Å²) in [5.41, 5.74) is 16.8. The van der Waals surface area contributed by atoms with E-state index in [0.29, 0.717) is 52.4 Å². The van der Waals surface area contributed by atoms with E-state index >= 15 is 0 Å². The zero-order valence-electron chi connectivity index (χ0n) is 81.4. The van der Waals surface area contributed by atoms with Gasteiger partial charge in [0.2, 0.25) is 0 Å². The maximum atomic E-state index is 5.34. The number of fused-ring (bicyclic) bond motifs is 3. The maximum Gasteiger partial charge on any atom is 0.179 e. The Kier molecular flexibility index (Phi) is 26.7. The smallest absolute Gasteiger partial charge is 0.179 e. The number of rotatable bonds is 22. The molecule has 146 heavy (non-hydrogen) atoms. The number of hydrogen-bond donors (Lipinski definition) is 0. The Morgan fingerprint density at radius 1 is 0.151 bits per heavy atom. The van der Waals surface area contributed by atoms with Crippen LogP contribution in [-0.2, 0) is 0 Å². The summed E-state index contributed by atoms with van der Waals surface area (Å²) in [7, 11) is -8.19. The van der Waals surface area contributed by atoms with Crippen LogP contribution in [0.2, 0.25) is 0 Å². The predicted molar refractivity (Wildman–Crippen MR) is 613 cm³/mol. The molecule has 20 aromatic carbocycles. The SMILES string of the molecule is Cc1cc(C)cc(-c2nc(-c3ccccc3)nc(-c3cccc([Si](c4ccccc4)(c4ccccc4)c4ccccc4)c3)n2)c1.Cc1cccc(C)c1-c1nc(-c2cccc([Si](c3ccccc3)(c3ccccc3)c3ccccc3)c2)nc(-c2ccc3c(c2)c2ccccc2n3-c2ccccc2)n1.c1ccc(-c2nc(-c3ccccc3)nc(-c3cccc([Si](c4ccccc4)(c4ccccc4)c4ccccc4)c3)n2)cc1. The van der Waals surface area contributed by atoms with Gasteiger partial charge in [-0.1, -0.05) is 509 Å². The lowest BCUT2D eigenvalue weighted by atomic mass is 10.0. The third-order valence-corrected chi connectivity index (χ3v) is 42.0. The van der Waals surface area contributed by atoms with Crippen LogP contribution in [0.3, 0.4) is 0 Å². The van der Waals surface area contributed by atoms with Gasteiger partial charge in [0.1, 0.15) is 0 Å². The highest BCUT2D eigenvalue weighted by Crippen LogP contribution is 2.38. The first kappa shape index (κ1) is 92.9. The Morgan fingerprint density at radius 3 is 0.671 bits per heavy atom. The van der Waals surface area contributed by atoms with E-state index in [2.05, 4.69) is 499 Å². The van der Waals surface area contributed by atoms with E-state index in [1.54, 1.807) is 0 Å². The molecule has 0 aliphatic rings. The summed E-state index contributed by atoms with van der Waals surface area (Å²) in [5, 5.41) is 18.1. The van der Waals surface area contributed by atoms with Crippen molar-refractivity contribution in [1.29, 1.82) is 0 Å². The fourth-order valence-electron chi connectivity index (χ4n) is 21.1. The van der Waals surface area contributed by atoms with Gasteiger partial charge in [0.25, 0.3) is 0 Å². The monoisotopic (exact) mass is 1920 g/mol. The normalized spacial score (nSPS) is 11.4. The van der Waals surface area contributed by atoms with Gasteiger partial charge in [-0.2, -0.15) is 0 Å². The molecule has 0 unspecified atom stereocenters. The van der Waals surface area contributed by atoms with Crippen molar-refractivity contribution in [2.24, 2.45) is 0 Å². The molecule has 0 fully saturated rings. The number of aromatic nitrogens is 10. The van der Waals surface area contributed by atoms with Crippen molar-refractivity contribution in [3.63, 3.8) is 0 Å². The molecule has 13 heteroatoms. The molecule has 0 radical (unpaired) electrons. The molecule has 0 atom stereocenters. The molecule has 0 saturated carbocycles. The van der Waals surface area contributed by atoms with Gasteiger partial charge in [-0.15, -0.1) is 0 Å². The van der Waals surface area contributed by atoms with Crippen molar-refractivity contribution < 1.29 is 0 Å². The molecule has 0 bridgehead atoms. The number of nitrogens with zero attached hydrogens (tertiary/aromatic N) is 10. The maximum absolute atomic E-state index is 5.34. The van der Waals surface area contributed by atoms with Crippen molar-refractivity contribution >= 4 is 108 Å². The average Bonchev–Trinajstić information content (AvgIpc) is 1.45. The Hall–Kier alpha value is -18.1. The van der Waals surface area contributed by atoms with Gasteiger partial charge in [0.15, 0.2) is 76.6 Å². The molecule has 0 spiro atoms. The first-order valence-electron chi connectivity index (χ1n) is 49.5. The van der Waals surface area contributed by atoms with E-state index in [9.17, 15) is 0 Å². The molecule has 696 valence electrons. The highest BCUT2D eigenvalue weighted by molar-refractivity contribution is 7.21. The summed E-state index contributed by atoms with van der Waals surface area (Å²) in [5.74, 6) is 5.94. The molecule has 4 aromatic heterocycles. The Morgan fingerprint density at radius 2 is 0.370 bits per heavy atom. The van der Waals surface area contributed by atoms with Gasteiger partial charge in [-0.05, 0) is 150 Å². The van der Waals surface area contributed by atoms with Crippen LogP contribution in [0.1, 0.15) is 22.3 Å². The second-order valence-electron chi connectivity index (χ2n) is 36.9. The van der Waals surface area contributed by atoms with Gasteiger partial charge in [-0.25, -0.2) is 44.9 Å². The van der Waals surface area contributed by atoms with Crippen LogP contribution in [0.5, 0.6) is 0 Å². The summed E-state index contributed by atoms with van der Waals surface area (Å²) < 4.78 is 2.34. The van der Waals surface area contributed by atoms with E-state index in [1.165, 1.54) is 78.8 Å². The summed E-state index contributed by atoms with van der Waals surface area (Å²) in [6.07, 6.45) is 0. The molecule has 0 aliphatic carbocycles. The second-order valence-corrected chi connectivity index (χ2v) is 48.3. The van der Waals surface area contributed by atoms with E-state index in [1.807, 2.05) is 78.9 Å². The van der Waals surface area contributed by atoms with Gasteiger partial charge >= 0.3 is 0 Å². The molecular weight excluding hydrogens is 1820 g/mol. The van der Waals surface area contributed by atoms with Crippen LogP contribution in [-0.4, -0.2) is 73.6 Å². The van der Waals surface area contributed by atoms with Crippen LogP contribution in [0.4, 0.5) is 0 Å². The lowest BCUT2D eigenvalue weighted by Gasteiger charge is -2.34. The van der Waals surface area contributed by atoms with Crippen molar-refractivity contribution in [3.05, 3.63) is 568 Å². The lowest BCUT2D eigenvalue weighted by Crippen LogP contribution is -2.74. The third-order valence-electron chi connectivity index (χ3n) is 27.7. The van der Waals surface area contributed by atoms with Gasteiger partial charge < -0.3 is 4.57 Å². The number of benzene rings is 20. The van der Waals surface area contributed by atoms with Crippen molar-refractivity contribution in [1.82, 2.24) is 49.4 Å². The Bertz CT molecular complexity index is 8290. The fourth-order valence-corrected chi connectivity index (χ4v) is 35.5. The first-order chi connectivity index (χ1) is 72.0. The highest BCUT2D eigenvalue weighted by Gasteiger charge is 2.45. The van der Waals surface area contributed by atoms with Gasteiger partial charge in [-0.3, -0.25) is 0 Å². The topological polar surface area (TPSA) is 121 Å². The largest absolute Gasteiger partial charge is 0.309 e. The molecular formula is C133H102N10Si3. The van der Waals surface area contributed by atoms with Crippen molar-refractivity contribution in [2.75, 3.05) is 0 Å². The number of hydrogen-bond acceptors (Lipinski definition) is 9. The van der Waals surface area contributed by atoms with E-state index in [-0.39, 0.29) is 0 Å². The third kappa shape index (κ3) is 18.5. The minimum atomic E-state index is -2.79. The molecule has 0 amide bonds. The highest BCUT2D eigenvalue weighted by atomic mass is 28.3. The average molecular weight is 1920 g/mol. The minimum absolute atomic E-state index is 0.643. The lowest BCUT2D eigenvalue weighted by molar-refractivity contribution is 1.07. The van der Waals surface area contributed by atoms with Gasteiger partial charge in [0.05, 0.1) is 11.0 Å². The summed E-state index contributed by atoms with van der Waals surface area (Å²) >= 11 is 0. The van der Waals surface area contributed by atoms with E-state index in [4.69, 9.17) is 44.9 Å². The molecule has 0 saturated heterocycles. The predicted octanol–water partition coefficient (Wildman–Crippen LogP) is 23.1. The van der Waals surface area contributed by atoms with Crippen LogP contribution in [0.25, 0.3) is 130 Å². The fraction of sp³-hybridized carbons (Fsp3) is 0.0301. The first-order valence-corrected chi connectivity index (χ1v) is 55.5. The van der Waals surface area contributed by atoms with Gasteiger partial charge in [0, 0.05) is 66.5 Å². The van der Waals surface area contributed by atoms with Crippen molar-refractivity contribution in [3.8, 4) is 108 Å². The number of para-hydroxylation sites is 2. The molecule has 0 aliphatic heterocycles. The standard InChI is InChI=1S/C53H40N4Si.C41H33N3Si.C39H29N3Si/c1-37-19-17-20-38(2)50(37)53-55-51(54-52(56-53)40-33-34-49-47(36-40)46-31-15-16-32-48(46)57(49)41-22-7-3-8-23-41)39-21-18-30-45(35-39)58(42-24-9-4-10-25-42,43-26-11-5-12-27-43)44-28-13-6-14-29-44;1-30-26-31(2)28-34(27-30)41-43-39(32-16-7-3-8-17-32)42-40(44-41)33-18-15-25-38(29-33)45(35-19-9-4-10-20-35,36-21-11-5-12-22-36)37-23-13-6-14-24-37;1-6-17-30(18-7-1)37-40-38(31-19-8-2-9-20-31)42-39(41-37)32-21-16-28-36(29-32)43(33-22-10-3-11-23-33,34-24-12-4-13-25-34)35-26-14-5-15-27-35/h3-36H,1-2H3;3-29H,1-2H3;1-29H. The van der Waals surface area contributed by atoms with Crippen LogP contribution in [0.15, 0.2) is 546 Å². The molecule has 4 heterocycles. The Balaban J connectivity index is 0.000000126. The molecule has 24 aromatic rings. The second kappa shape index (κ2) is 42.0. The van der Waals surface area contributed by atoms with E-state index < -0.39 is 24.2 Å². The molecule has 24 rings (SSSR count). The van der Waals surface area contributed by atoms with Crippen LogP contribution >= 0.6 is 0 Å². The zero-order valence-corrected chi connectivity index (χ0v) is 84.4. The summed E-state index contributed by atoms with van der Waals surface area (Å²) in [6.45, 7) is 8.49. The molecule has 0 N–H and O–H groups in total. The Labute approximate surface area is 855 Å².